The maximum Gasteiger partial charge on any atom is 0.276 e. The van der Waals surface area contributed by atoms with E-state index in [9.17, 15) is 4.39 Å². The van der Waals surface area contributed by atoms with E-state index in [0.29, 0.717) is 5.56 Å². The molecule has 0 atom stereocenters. The predicted octanol–water partition coefficient (Wildman–Crippen LogP) is 3.60. The zero-order valence-electron chi connectivity index (χ0n) is 13.5. The molecule has 0 bridgehead atoms. The van der Waals surface area contributed by atoms with E-state index in [2.05, 4.69) is 25.7 Å². The molecule has 25 heavy (non-hydrogen) atoms. The Morgan fingerprint density at radius 1 is 1.12 bits per heavy atom. The van der Waals surface area contributed by atoms with E-state index in [1.807, 2.05) is 12.1 Å². The van der Waals surface area contributed by atoms with E-state index < -0.39 is 5.83 Å². The van der Waals surface area contributed by atoms with Crippen LogP contribution in [0.25, 0.3) is 23.0 Å². The molecular formula is C17H17FN6O. The molecule has 1 aliphatic carbocycles. The third kappa shape index (κ3) is 3.47. The van der Waals surface area contributed by atoms with Gasteiger partial charge in [0.2, 0.25) is 5.89 Å². The summed E-state index contributed by atoms with van der Waals surface area (Å²) in [7, 11) is 0. The van der Waals surface area contributed by atoms with Crippen molar-refractivity contribution in [2.24, 2.45) is 5.92 Å². The van der Waals surface area contributed by atoms with Crippen LogP contribution in [0.5, 0.6) is 0 Å². The molecule has 1 aliphatic rings. The van der Waals surface area contributed by atoms with Gasteiger partial charge in [-0.25, -0.2) is 9.07 Å². The summed E-state index contributed by atoms with van der Waals surface area (Å²) in [6.45, 7) is 0. The van der Waals surface area contributed by atoms with Gasteiger partial charge in [0.15, 0.2) is 5.83 Å². The summed E-state index contributed by atoms with van der Waals surface area (Å²) >= 11 is 0. The van der Waals surface area contributed by atoms with Crippen molar-refractivity contribution in [3.05, 3.63) is 42.6 Å². The van der Waals surface area contributed by atoms with E-state index in [1.165, 1.54) is 17.4 Å². The summed E-state index contributed by atoms with van der Waals surface area (Å²) in [6.07, 6.45) is 8.70. The number of tetrazole rings is 1. The summed E-state index contributed by atoms with van der Waals surface area (Å²) < 4.78 is 21.4. The molecule has 8 heteroatoms. The summed E-state index contributed by atoms with van der Waals surface area (Å²) in [5.41, 5.74) is 1.51. The van der Waals surface area contributed by atoms with Crippen LogP contribution in [0.4, 0.5) is 4.39 Å². The van der Waals surface area contributed by atoms with E-state index in [0.717, 1.165) is 31.4 Å². The van der Waals surface area contributed by atoms with Gasteiger partial charge in [0.05, 0.1) is 5.69 Å². The number of rotatable bonds is 4. The van der Waals surface area contributed by atoms with Gasteiger partial charge in [-0.3, -0.25) is 0 Å². The Hall–Kier alpha value is -2.90. The van der Waals surface area contributed by atoms with Gasteiger partial charge in [0, 0.05) is 5.56 Å². The lowest BCUT2D eigenvalue weighted by Gasteiger charge is -2.17. The average Bonchev–Trinajstić information content (AvgIpc) is 3.35. The van der Waals surface area contributed by atoms with Crippen LogP contribution in [0.2, 0.25) is 0 Å². The molecule has 0 N–H and O–H groups in total. The first-order valence-corrected chi connectivity index (χ1v) is 8.34. The number of halogens is 1. The van der Waals surface area contributed by atoms with Crippen LogP contribution < -0.4 is 0 Å². The normalized spacial score (nSPS) is 16.3. The lowest BCUT2D eigenvalue weighted by molar-refractivity contribution is 0.416. The van der Waals surface area contributed by atoms with E-state index in [-0.39, 0.29) is 17.7 Å². The zero-order chi connectivity index (χ0) is 17.1. The van der Waals surface area contributed by atoms with E-state index >= 15 is 0 Å². The van der Waals surface area contributed by atoms with Crippen molar-refractivity contribution in [1.82, 2.24) is 30.4 Å². The summed E-state index contributed by atoms with van der Waals surface area (Å²) in [5, 5.41) is 18.8. The van der Waals surface area contributed by atoms with Crippen LogP contribution in [0.15, 0.2) is 41.1 Å². The van der Waals surface area contributed by atoms with Gasteiger partial charge in [-0.2, -0.15) is 0 Å². The molecule has 0 saturated heterocycles. The second kappa shape index (κ2) is 6.92. The minimum atomic E-state index is -0.434. The van der Waals surface area contributed by atoms with Gasteiger partial charge in [0.25, 0.3) is 5.89 Å². The Labute approximate surface area is 143 Å². The number of hydrogen-bond acceptors (Lipinski definition) is 6. The van der Waals surface area contributed by atoms with Crippen molar-refractivity contribution in [3.8, 4) is 17.1 Å². The van der Waals surface area contributed by atoms with Crippen LogP contribution in [-0.4, -0.2) is 30.4 Å². The second-order valence-electron chi connectivity index (χ2n) is 6.13. The Morgan fingerprint density at radius 3 is 2.64 bits per heavy atom. The molecule has 1 aromatic carbocycles. The molecule has 0 amide bonds. The fourth-order valence-electron chi connectivity index (χ4n) is 3.05. The number of hydrogen-bond donors (Lipinski definition) is 0. The summed E-state index contributed by atoms with van der Waals surface area (Å²) in [5.74, 6) is 0.0474. The largest absolute Gasteiger partial charge is 0.414 e. The highest BCUT2D eigenvalue weighted by Gasteiger charge is 2.17. The Kier molecular flexibility index (Phi) is 4.32. The fourth-order valence-corrected chi connectivity index (χ4v) is 3.05. The lowest BCUT2D eigenvalue weighted by Crippen LogP contribution is -2.03. The van der Waals surface area contributed by atoms with Crippen molar-refractivity contribution in [2.75, 3.05) is 0 Å². The Morgan fingerprint density at radius 2 is 1.92 bits per heavy atom. The molecule has 7 nitrogen and oxygen atoms in total. The highest BCUT2D eigenvalue weighted by Crippen LogP contribution is 2.29. The maximum absolute atomic E-state index is 14.3. The van der Waals surface area contributed by atoms with Crippen molar-refractivity contribution < 1.29 is 8.81 Å². The third-order valence-electron chi connectivity index (χ3n) is 4.39. The number of aromatic nitrogens is 6. The van der Waals surface area contributed by atoms with Gasteiger partial charge >= 0.3 is 0 Å². The molecule has 4 rings (SSSR count). The second-order valence-corrected chi connectivity index (χ2v) is 6.13. The first-order chi connectivity index (χ1) is 12.3. The predicted molar refractivity (Wildman–Crippen MR) is 88.1 cm³/mol. The number of allylic oxidation sites excluding steroid dienone is 1. The third-order valence-corrected chi connectivity index (χ3v) is 4.39. The molecule has 2 heterocycles. The van der Waals surface area contributed by atoms with Gasteiger partial charge in [-0.15, -0.1) is 15.3 Å². The van der Waals surface area contributed by atoms with E-state index in [4.69, 9.17) is 4.42 Å². The molecule has 0 aliphatic heterocycles. The van der Waals surface area contributed by atoms with Crippen LogP contribution in [0, 0.1) is 5.92 Å². The SMILES string of the molecule is F/C(=C/C1CCCCC1)c1nnc(-c2ccc(-n3cnnn3)cc2)o1. The monoisotopic (exact) mass is 340 g/mol. The van der Waals surface area contributed by atoms with Gasteiger partial charge in [-0.05, 0) is 59.5 Å². The minimum absolute atomic E-state index is 0.0647. The maximum atomic E-state index is 14.3. The minimum Gasteiger partial charge on any atom is -0.414 e. The standard InChI is InChI=1S/C17H17FN6O/c18-15(10-12-4-2-1-3-5-12)17-21-20-16(25-17)13-6-8-14(9-7-13)24-11-19-22-23-24/h6-12H,1-5H2/b15-10+. The summed E-state index contributed by atoms with van der Waals surface area (Å²) in [6, 6.07) is 7.25. The number of nitrogens with zero attached hydrogens (tertiary/aromatic N) is 6. The zero-order valence-corrected chi connectivity index (χ0v) is 13.5. The molecule has 128 valence electrons. The first-order valence-electron chi connectivity index (χ1n) is 8.34. The molecule has 0 unspecified atom stereocenters. The van der Waals surface area contributed by atoms with Gasteiger partial charge in [-0.1, -0.05) is 19.3 Å². The quantitative estimate of drug-likeness (QED) is 0.721. The highest BCUT2D eigenvalue weighted by molar-refractivity contribution is 5.57. The topological polar surface area (TPSA) is 82.5 Å². The van der Waals surface area contributed by atoms with E-state index in [1.54, 1.807) is 18.2 Å². The van der Waals surface area contributed by atoms with Crippen molar-refractivity contribution in [1.29, 1.82) is 0 Å². The van der Waals surface area contributed by atoms with Crippen LogP contribution in [0.1, 0.15) is 38.0 Å². The van der Waals surface area contributed by atoms with Crippen LogP contribution >= 0.6 is 0 Å². The smallest absolute Gasteiger partial charge is 0.276 e. The van der Waals surface area contributed by atoms with Crippen LogP contribution in [-0.2, 0) is 0 Å². The van der Waals surface area contributed by atoms with Gasteiger partial charge < -0.3 is 4.42 Å². The highest BCUT2D eigenvalue weighted by atomic mass is 19.1. The molecule has 0 spiro atoms. The molecule has 1 saturated carbocycles. The van der Waals surface area contributed by atoms with Crippen molar-refractivity contribution >= 4 is 5.83 Å². The molecule has 2 aromatic heterocycles. The molecule has 0 radical (unpaired) electrons. The average molecular weight is 340 g/mol. The summed E-state index contributed by atoms with van der Waals surface area (Å²) in [4.78, 5) is 0. The van der Waals surface area contributed by atoms with Crippen molar-refractivity contribution in [2.45, 2.75) is 32.1 Å². The molecular weight excluding hydrogens is 323 g/mol. The fraction of sp³-hybridized carbons (Fsp3) is 0.353. The first kappa shape index (κ1) is 15.6. The Balaban J connectivity index is 1.51. The lowest BCUT2D eigenvalue weighted by atomic mass is 9.89. The molecule has 1 fully saturated rings. The van der Waals surface area contributed by atoms with Crippen LogP contribution in [0.3, 0.4) is 0 Å². The van der Waals surface area contributed by atoms with Gasteiger partial charge in [0.1, 0.15) is 6.33 Å². The number of benzene rings is 1. The Bertz CT molecular complexity index is 850. The van der Waals surface area contributed by atoms with Crippen molar-refractivity contribution in [3.63, 3.8) is 0 Å². The molecule has 3 aromatic rings.